The van der Waals surface area contributed by atoms with E-state index in [0.29, 0.717) is 6.04 Å². The summed E-state index contributed by atoms with van der Waals surface area (Å²) in [5, 5.41) is 2.79. The molecule has 2 fully saturated rings. The number of piperazine rings is 1. The molecule has 2 rings (SSSR count). The van der Waals surface area contributed by atoms with Gasteiger partial charge in [-0.1, -0.05) is 26.2 Å². The molecule has 0 aromatic rings. The lowest BCUT2D eigenvalue weighted by molar-refractivity contribution is -0.146. The molecule has 1 heterocycles. The Morgan fingerprint density at radius 1 is 1.31 bits per heavy atom. The molecular formula is C12H20N2O2. The van der Waals surface area contributed by atoms with Gasteiger partial charge in [0.05, 0.1) is 6.54 Å². The largest absolute Gasteiger partial charge is 0.343 e. The van der Waals surface area contributed by atoms with Gasteiger partial charge in [-0.25, -0.2) is 0 Å². The Bertz CT molecular complexity index is 285. The maximum atomic E-state index is 12.2. The zero-order valence-electron chi connectivity index (χ0n) is 9.87. The van der Waals surface area contributed by atoms with Crippen molar-refractivity contribution in [3.63, 3.8) is 0 Å². The first kappa shape index (κ1) is 11.4. The molecule has 1 N–H and O–H groups in total. The first-order valence-electron chi connectivity index (χ1n) is 6.32. The van der Waals surface area contributed by atoms with Crippen LogP contribution in [-0.4, -0.2) is 35.3 Å². The monoisotopic (exact) mass is 224 g/mol. The molecule has 90 valence electrons. The van der Waals surface area contributed by atoms with Crippen molar-refractivity contribution < 1.29 is 9.59 Å². The molecule has 4 nitrogen and oxygen atoms in total. The Balaban J connectivity index is 2.05. The van der Waals surface area contributed by atoms with Crippen LogP contribution >= 0.6 is 0 Å². The highest BCUT2D eigenvalue weighted by atomic mass is 16.2. The number of rotatable bonds is 3. The summed E-state index contributed by atoms with van der Waals surface area (Å²) >= 11 is 0. The second-order valence-electron chi connectivity index (χ2n) is 4.81. The Labute approximate surface area is 96.4 Å². The first-order valence-corrected chi connectivity index (χ1v) is 6.32. The van der Waals surface area contributed by atoms with E-state index in [1.165, 1.54) is 12.8 Å². The van der Waals surface area contributed by atoms with E-state index in [1.807, 2.05) is 11.8 Å². The third-order valence-corrected chi connectivity index (χ3v) is 3.57. The van der Waals surface area contributed by atoms with Crippen molar-refractivity contribution in [1.82, 2.24) is 10.2 Å². The normalized spacial score (nSPS) is 27.3. The summed E-state index contributed by atoms with van der Waals surface area (Å²) in [7, 11) is 0. The minimum atomic E-state index is -0.271. The fourth-order valence-corrected chi connectivity index (χ4v) is 2.74. The second-order valence-corrected chi connectivity index (χ2v) is 4.81. The van der Waals surface area contributed by atoms with E-state index in [0.717, 1.165) is 25.7 Å². The molecule has 1 aliphatic carbocycles. The minimum absolute atomic E-state index is 0.00458. The number of nitrogens with one attached hydrogen (secondary N) is 1. The number of nitrogens with zero attached hydrogens (tertiary/aromatic N) is 1. The molecule has 4 heteroatoms. The molecule has 1 atom stereocenters. The molecule has 16 heavy (non-hydrogen) atoms. The summed E-state index contributed by atoms with van der Waals surface area (Å²) in [5.74, 6) is 0.137. The molecule has 0 radical (unpaired) electrons. The van der Waals surface area contributed by atoms with Crippen molar-refractivity contribution in [2.75, 3.05) is 6.54 Å². The van der Waals surface area contributed by atoms with Gasteiger partial charge in [-0.05, 0) is 19.3 Å². The van der Waals surface area contributed by atoms with Gasteiger partial charge in [0.25, 0.3) is 0 Å². The van der Waals surface area contributed by atoms with Gasteiger partial charge in [0.2, 0.25) is 11.8 Å². The van der Waals surface area contributed by atoms with Crippen LogP contribution < -0.4 is 5.32 Å². The summed E-state index contributed by atoms with van der Waals surface area (Å²) < 4.78 is 0. The highest BCUT2D eigenvalue weighted by Gasteiger charge is 2.36. The highest BCUT2D eigenvalue weighted by molar-refractivity contribution is 5.95. The predicted octanol–water partition coefficient (Wildman–Crippen LogP) is 1.06. The molecule has 0 aromatic heterocycles. The molecule has 2 amide bonds. The standard InChI is InChI=1S/C12H20N2O2/c1-2-5-10-12(16)14(8-11(15)13-10)9-6-3-4-7-9/h9-10H,2-8H2,1H3,(H,13,15). The van der Waals surface area contributed by atoms with Crippen LogP contribution in [0.2, 0.25) is 0 Å². The lowest BCUT2D eigenvalue weighted by atomic mass is 10.1. The maximum absolute atomic E-state index is 12.2. The maximum Gasteiger partial charge on any atom is 0.245 e. The van der Waals surface area contributed by atoms with Crippen molar-refractivity contribution in [2.24, 2.45) is 0 Å². The van der Waals surface area contributed by atoms with Gasteiger partial charge in [-0.3, -0.25) is 9.59 Å². The second kappa shape index (κ2) is 4.85. The molecule has 0 aromatic carbocycles. The Kier molecular flexibility index (Phi) is 3.46. The zero-order chi connectivity index (χ0) is 11.5. The van der Waals surface area contributed by atoms with E-state index in [-0.39, 0.29) is 24.4 Å². The SMILES string of the molecule is CCCC1NC(=O)CN(C2CCCC2)C1=O. The fourth-order valence-electron chi connectivity index (χ4n) is 2.74. The number of carbonyl (C=O) groups excluding carboxylic acids is 2. The van der Waals surface area contributed by atoms with Crippen molar-refractivity contribution in [2.45, 2.75) is 57.5 Å². The van der Waals surface area contributed by atoms with Gasteiger partial charge in [0, 0.05) is 6.04 Å². The average molecular weight is 224 g/mol. The molecule has 0 spiro atoms. The quantitative estimate of drug-likeness (QED) is 0.779. The third kappa shape index (κ3) is 2.20. The summed E-state index contributed by atoms with van der Waals surface area (Å²) in [5.41, 5.74) is 0. The van der Waals surface area contributed by atoms with Crippen LogP contribution in [0, 0.1) is 0 Å². The first-order chi connectivity index (χ1) is 7.72. The highest BCUT2D eigenvalue weighted by Crippen LogP contribution is 2.25. The number of hydrogen-bond acceptors (Lipinski definition) is 2. The topological polar surface area (TPSA) is 49.4 Å². The summed E-state index contributed by atoms with van der Waals surface area (Å²) in [6.07, 6.45) is 6.20. The third-order valence-electron chi connectivity index (χ3n) is 3.57. The molecule has 2 aliphatic rings. The van der Waals surface area contributed by atoms with Crippen LogP contribution in [0.4, 0.5) is 0 Å². The van der Waals surface area contributed by atoms with Gasteiger partial charge in [-0.2, -0.15) is 0 Å². The van der Waals surface area contributed by atoms with E-state index in [2.05, 4.69) is 5.32 Å². The lowest BCUT2D eigenvalue weighted by Crippen LogP contribution is -2.60. The van der Waals surface area contributed by atoms with Crippen LogP contribution in [0.15, 0.2) is 0 Å². The van der Waals surface area contributed by atoms with Crippen molar-refractivity contribution >= 4 is 11.8 Å². The van der Waals surface area contributed by atoms with Crippen molar-refractivity contribution in [3.8, 4) is 0 Å². The fraction of sp³-hybridized carbons (Fsp3) is 0.833. The van der Waals surface area contributed by atoms with Crippen molar-refractivity contribution in [3.05, 3.63) is 0 Å². The van der Waals surface area contributed by atoms with Crippen LogP contribution in [0.5, 0.6) is 0 Å². The van der Waals surface area contributed by atoms with Crippen LogP contribution in [0.3, 0.4) is 0 Å². The zero-order valence-corrected chi connectivity index (χ0v) is 9.87. The Morgan fingerprint density at radius 3 is 2.62 bits per heavy atom. The van der Waals surface area contributed by atoms with Gasteiger partial charge in [-0.15, -0.1) is 0 Å². The number of carbonyl (C=O) groups is 2. The number of hydrogen-bond donors (Lipinski definition) is 1. The Hall–Kier alpha value is -1.06. The molecule has 1 saturated carbocycles. The predicted molar refractivity (Wildman–Crippen MR) is 60.8 cm³/mol. The van der Waals surface area contributed by atoms with E-state index in [9.17, 15) is 9.59 Å². The van der Waals surface area contributed by atoms with Crippen molar-refractivity contribution in [1.29, 1.82) is 0 Å². The molecule has 0 bridgehead atoms. The van der Waals surface area contributed by atoms with Gasteiger partial charge >= 0.3 is 0 Å². The van der Waals surface area contributed by atoms with Gasteiger partial charge < -0.3 is 10.2 Å². The summed E-state index contributed by atoms with van der Waals surface area (Å²) in [6, 6.07) is 0.0461. The van der Waals surface area contributed by atoms with Gasteiger partial charge in [0.1, 0.15) is 6.04 Å². The summed E-state index contributed by atoms with van der Waals surface area (Å²) in [4.78, 5) is 25.5. The smallest absolute Gasteiger partial charge is 0.245 e. The average Bonchev–Trinajstić information content (AvgIpc) is 2.76. The molecular weight excluding hydrogens is 204 g/mol. The van der Waals surface area contributed by atoms with E-state index < -0.39 is 0 Å². The number of amides is 2. The molecule has 1 aliphatic heterocycles. The van der Waals surface area contributed by atoms with Gasteiger partial charge in [0.15, 0.2) is 0 Å². The van der Waals surface area contributed by atoms with Crippen LogP contribution in [0.1, 0.15) is 45.4 Å². The minimum Gasteiger partial charge on any atom is -0.343 e. The van der Waals surface area contributed by atoms with E-state index in [1.54, 1.807) is 0 Å². The molecule has 1 saturated heterocycles. The van der Waals surface area contributed by atoms with Crippen LogP contribution in [-0.2, 0) is 9.59 Å². The lowest BCUT2D eigenvalue weighted by Gasteiger charge is -2.36. The summed E-state index contributed by atoms with van der Waals surface area (Å²) in [6.45, 7) is 2.30. The van der Waals surface area contributed by atoms with E-state index in [4.69, 9.17) is 0 Å². The van der Waals surface area contributed by atoms with Crippen LogP contribution in [0.25, 0.3) is 0 Å². The Morgan fingerprint density at radius 2 is 2.00 bits per heavy atom. The molecule has 1 unspecified atom stereocenters. The van der Waals surface area contributed by atoms with E-state index >= 15 is 0 Å².